The number of rotatable bonds is 2. The van der Waals surface area contributed by atoms with E-state index in [0.29, 0.717) is 18.8 Å². The van der Waals surface area contributed by atoms with Crippen LogP contribution in [0.25, 0.3) is 0 Å². The lowest BCUT2D eigenvalue weighted by Gasteiger charge is -2.24. The maximum atomic E-state index is 11.8. The largest absolute Gasteiger partial charge is 0.444 e. The van der Waals surface area contributed by atoms with E-state index in [1.807, 2.05) is 20.8 Å². The van der Waals surface area contributed by atoms with Crippen molar-refractivity contribution in [3.05, 3.63) is 12.3 Å². The Labute approximate surface area is 108 Å². The number of esters is 1. The van der Waals surface area contributed by atoms with E-state index in [4.69, 9.17) is 9.47 Å². The molecule has 0 aromatic carbocycles. The zero-order valence-electron chi connectivity index (χ0n) is 11.5. The number of likely N-dealkylation sites (tertiary alicyclic amines) is 1. The van der Waals surface area contributed by atoms with Crippen LogP contribution in [0.2, 0.25) is 0 Å². The third-order valence-corrected chi connectivity index (χ3v) is 2.57. The Bertz CT molecular complexity index is 356. The number of carbonyl (C=O) groups is 2. The topological polar surface area (TPSA) is 55.8 Å². The molecule has 1 heterocycles. The van der Waals surface area contributed by atoms with Gasteiger partial charge in [-0.15, -0.1) is 0 Å². The summed E-state index contributed by atoms with van der Waals surface area (Å²) in [6.45, 7) is 11.6. The second kappa shape index (κ2) is 5.42. The van der Waals surface area contributed by atoms with Gasteiger partial charge in [0.05, 0.1) is 0 Å². The second-order valence-corrected chi connectivity index (χ2v) is 5.47. The summed E-state index contributed by atoms with van der Waals surface area (Å²) >= 11 is 0. The van der Waals surface area contributed by atoms with E-state index in [9.17, 15) is 9.59 Å². The average molecular weight is 255 g/mol. The first-order chi connectivity index (χ1) is 8.19. The highest BCUT2D eigenvalue weighted by atomic mass is 16.6. The quantitative estimate of drug-likeness (QED) is 0.561. The second-order valence-electron chi connectivity index (χ2n) is 5.47. The van der Waals surface area contributed by atoms with E-state index >= 15 is 0 Å². The van der Waals surface area contributed by atoms with E-state index in [0.717, 1.165) is 6.42 Å². The maximum Gasteiger partial charge on any atom is 0.410 e. The molecule has 5 heteroatoms. The van der Waals surface area contributed by atoms with E-state index < -0.39 is 5.60 Å². The number of nitrogens with zero attached hydrogens (tertiary/aromatic N) is 1. The molecule has 0 saturated carbocycles. The molecule has 0 unspecified atom stereocenters. The highest BCUT2D eigenvalue weighted by molar-refractivity contribution is 5.69. The van der Waals surface area contributed by atoms with Crippen LogP contribution in [0.1, 0.15) is 34.1 Å². The molecular formula is C13H21NO4. The van der Waals surface area contributed by atoms with Crippen LogP contribution in [0.5, 0.6) is 0 Å². The minimum Gasteiger partial charge on any atom is -0.444 e. The fourth-order valence-electron chi connectivity index (χ4n) is 1.78. The van der Waals surface area contributed by atoms with Crippen molar-refractivity contribution >= 4 is 12.1 Å². The fourth-order valence-corrected chi connectivity index (χ4v) is 1.78. The average Bonchev–Trinajstić information content (AvgIpc) is 2.61. The first-order valence-electron chi connectivity index (χ1n) is 6.04. The number of hydrogen-bond acceptors (Lipinski definition) is 4. The van der Waals surface area contributed by atoms with E-state index in [2.05, 4.69) is 6.58 Å². The molecule has 18 heavy (non-hydrogen) atoms. The van der Waals surface area contributed by atoms with Crippen molar-refractivity contribution in [2.75, 3.05) is 13.1 Å². The van der Waals surface area contributed by atoms with Crippen LogP contribution in [0.3, 0.4) is 0 Å². The predicted octanol–water partition coefficient (Wildman–Crippen LogP) is 2.32. The minimum absolute atomic E-state index is 0.00131. The van der Waals surface area contributed by atoms with E-state index in [1.165, 1.54) is 6.92 Å². The van der Waals surface area contributed by atoms with E-state index in [1.54, 1.807) is 4.90 Å². The summed E-state index contributed by atoms with van der Waals surface area (Å²) in [7, 11) is 0. The molecule has 1 aliphatic rings. The Balaban J connectivity index is 2.48. The molecule has 102 valence electrons. The molecule has 0 spiro atoms. The summed E-state index contributed by atoms with van der Waals surface area (Å²) in [5, 5.41) is 0. The molecule has 5 nitrogen and oxygen atoms in total. The normalized spacial score (nSPS) is 19.6. The molecule has 0 N–H and O–H groups in total. The minimum atomic E-state index is -0.498. The Morgan fingerprint density at radius 1 is 1.33 bits per heavy atom. The van der Waals surface area contributed by atoms with Gasteiger partial charge in [0.25, 0.3) is 0 Å². The van der Waals surface area contributed by atoms with Crippen molar-refractivity contribution in [1.82, 2.24) is 4.90 Å². The van der Waals surface area contributed by atoms with Crippen LogP contribution in [0, 0.1) is 5.92 Å². The fraction of sp³-hybridized carbons (Fsp3) is 0.692. The first kappa shape index (κ1) is 14.5. The lowest BCUT2D eigenvalue weighted by atomic mass is 10.1. The van der Waals surface area contributed by atoms with Crippen LogP contribution in [0.4, 0.5) is 4.79 Å². The number of carbonyl (C=O) groups excluding carboxylic acids is 2. The Morgan fingerprint density at radius 2 is 1.94 bits per heavy atom. The summed E-state index contributed by atoms with van der Waals surface area (Å²) in [5.41, 5.74) is -0.498. The van der Waals surface area contributed by atoms with Crippen LogP contribution >= 0.6 is 0 Å². The van der Waals surface area contributed by atoms with Crippen molar-refractivity contribution in [2.45, 2.75) is 39.7 Å². The smallest absolute Gasteiger partial charge is 0.410 e. The predicted molar refractivity (Wildman–Crippen MR) is 66.8 cm³/mol. The van der Waals surface area contributed by atoms with Gasteiger partial charge in [0.15, 0.2) is 0 Å². The van der Waals surface area contributed by atoms with Crippen molar-refractivity contribution in [3.8, 4) is 0 Å². The van der Waals surface area contributed by atoms with Gasteiger partial charge < -0.3 is 14.4 Å². The Morgan fingerprint density at radius 3 is 2.44 bits per heavy atom. The van der Waals surface area contributed by atoms with Crippen LogP contribution in [-0.2, 0) is 14.3 Å². The number of ether oxygens (including phenoxy) is 2. The van der Waals surface area contributed by atoms with E-state index in [-0.39, 0.29) is 18.0 Å². The van der Waals surface area contributed by atoms with Crippen molar-refractivity contribution in [2.24, 2.45) is 5.92 Å². The molecule has 0 radical (unpaired) electrons. The van der Waals surface area contributed by atoms with Gasteiger partial charge in [0, 0.05) is 25.9 Å². The Hall–Kier alpha value is -1.52. The lowest BCUT2D eigenvalue weighted by molar-refractivity contribution is -0.137. The SMILES string of the molecule is C=C(OC(C)=O)[C@@H]1CCN(C(=O)OC(C)(C)C)C1. The summed E-state index contributed by atoms with van der Waals surface area (Å²) < 4.78 is 10.2. The zero-order valence-corrected chi connectivity index (χ0v) is 11.5. The summed E-state index contributed by atoms with van der Waals surface area (Å²) in [6.07, 6.45) is 0.409. The maximum absolute atomic E-state index is 11.8. The molecular weight excluding hydrogens is 234 g/mol. The third-order valence-electron chi connectivity index (χ3n) is 2.57. The van der Waals surface area contributed by atoms with Gasteiger partial charge in [-0.1, -0.05) is 6.58 Å². The summed E-state index contributed by atoms with van der Waals surface area (Å²) in [4.78, 5) is 24.3. The molecule has 0 bridgehead atoms. The molecule has 0 aromatic rings. The molecule has 0 aromatic heterocycles. The third kappa shape index (κ3) is 4.39. The van der Waals surface area contributed by atoms with Crippen molar-refractivity contribution in [3.63, 3.8) is 0 Å². The highest BCUT2D eigenvalue weighted by Crippen LogP contribution is 2.25. The Kier molecular flexibility index (Phi) is 4.38. The van der Waals surface area contributed by atoms with Crippen LogP contribution in [-0.4, -0.2) is 35.7 Å². The molecule has 1 rings (SSSR count). The van der Waals surface area contributed by atoms with Crippen LogP contribution < -0.4 is 0 Å². The molecule has 1 aliphatic heterocycles. The summed E-state index contributed by atoms with van der Waals surface area (Å²) in [6, 6.07) is 0. The zero-order chi connectivity index (χ0) is 13.9. The standard InChI is InChI=1S/C13H21NO4/c1-9(17-10(2)15)11-6-7-14(8-11)12(16)18-13(3,4)5/h11H,1,6-8H2,2-5H3/t11-/m1/s1. The first-order valence-corrected chi connectivity index (χ1v) is 6.04. The highest BCUT2D eigenvalue weighted by Gasteiger charge is 2.32. The molecule has 1 fully saturated rings. The summed E-state index contributed by atoms with van der Waals surface area (Å²) in [5.74, 6) is 0.0469. The van der Waals surface area contributed by atoms with Crippen molar-refractivity contribution in [1.29, 1.82) is 0 Å². The molecule has 1 atom stereocenters. The lowest BCUT2D eigenvalue weighted by Crippen LogP contribution is -2.35. The van der Waals surface area contributed by atoms with Gasteiger partial charge in [-0.3, -0.25) is 4.79 Å². The van der Waals surface area contributed by atoms with Gasteiger partial charge in [0.2, 0.25) is 0 Å². The van der Waals surface area contributed by atoms with Gasteiger partial charge in [-0.2, -0.15) is 0 Å². The monoisotopic (exact) mass is 255 g/mol. The van der Waals surface area contributed by atoms with Gasteiger partial charge in [0.1, 0.15) is 11.4 Å². The molecule has 0 aliphatic carbocycles. The van der Waals surface area contributed by atoms with Gasteiger partial charge in [-0.05, 0) is 27.2 Å². The van der Waals surface area contributed by atoms with Gasteiger partial charge in [-0.25, -0.2) is 4.79 Å². The van der Waals surface area contributed by atoms with Crippen LogP contribution in [0.15, 0.2) is 12.3 Å². The van der Waals surface area contributed by atoms with Gasteiger partial charge >= 0.3 is 12.1 Å². The molecule has 1 amide bonds. The van der Waals surface area contributed by atoms with Crippen molar-refractivity contribution < 1.29 is 19.1 Å². The number of amides is 1. The number of hydrogen-bond donors (Lipinski definition) is 0. The molecule has 1 saturated heterocycles.